The fraction of sp³-hybridized carbons (Fsp3) is 1.00. The summed E-state index contributed by atoms with van der Waals surface area (Å²) >= 11 is 3.63. The second kappa shape index (κ2) is 4.79. The zero-order valence-corrected chi connectivity index (χ0v) is 13.0. The highest BCUT2D eigenvalue weighted by Gasteiger charge is 2.47. The molecule has 0 radical (unpaired) electrons. The molecule has 0 saturated carbocycles. The fourth-order valence-corrected chi connectivity index (χ4v) is 5.69. The molecule has 0 N–H and O–H groups in total. The van der Waals surface area contributed by atoms with E-state index in [0.29, 0.717) is 4.83 Å². The first-order valence-corrected chi connectivity index (χ1v) is 8.56. The van der Waals surface area contributed by atoms with Gasteiger partial charge in [-0.3, -0.25) is 0 Å². The van der Waals surface area contributed by atoms with Crippen LogP contribution in [0.2, 0.25) is 0 Å². The van der Waals surface area contributed by atoms with Crippen LogP contribution >= 0.6 is 15.9 Å². The summed E-state index contributed by atoms with van der Waals surface area (Å²) in [4.78, 5) is 0.482. The molecule has 100 valence electrons. The first-order chi connectivity index (χ1) is 7.84. The third-order valence-electron chi connectivity index (χ3n) is 3.97. The number of fused-ring (bicyclic) bond motifs is 2. The van der Waals surface area contributed by atoms with Crippen molar-refractivity contribution in [2.45, 2.75) is 62.5 Å². The monoisotopic (exact) mass is 324 g/mol. The Bertz CT molecular complexity index is 371. The summed E-state index contributed by atoms with van der Waals surface area (Å²) in [5.74, 6) is 0. The second-order valence-corrected chi connectivity index (χ2v) is 8.59. The summed E-state index contributed by atoms with van der Waals surface area (Å²) in [6, 6.07) is 0.412. The van der Waals surface area contributed by atoms with Crippen LogP contribution in [0.15, 0.2) is 0 Å². The lowest BCUT2D eigenvalue weighted by Gasteiger charge is -2.39. The van der Waals surface area contributed by atoms with E-state index in [4.69, 9.17) is 0 Å². The van der Waals surface area contributed by atoms with Crippen LogP contribution in [-0.4, -0.2) is 47.0 Å². The Balaban J connectivity index is 2.24. The largest absolute Gasteiger partial charge is 0.282 e. The maximum atomic E-state index is 12.5. The van der Waals surface area contributed by atoms with E-state index >= 15 is 0 Å². The van der Waals surface area contributed by atoms with Crippen molar-refractivity contribution >= 4 is 26.1 Å². The number of hydrogen-bond donors (Lipinski definition) is 0. The maximum absolute atomic E-state index is 12.5. The first kappa shape index (κ1) is 13.8. The van der Waals surface area contributed by atoms with E-state index in [9.17, 15) is 8.42 Å². The minimum Gasteiger partial charge on any atom is -0.195 e. The highest BCUT2D eigenvalue weighted by Crippen LogP contribution is 2.40. The van der Waals surface area contributed by atoms with Gasteiger partial charge < -0.3 is 0 Å². The van der Waals surface area contributed by atoms with Crippen molar-refractivity contribution < 1.29 is 8.42 Å². The van der Waals surface area contributed by atoms with Crippen LogP contribution in [0, 0.1) is 0 Å². The van der Waals surface area contributed by atoms with Crippen LogP contribution in [0.1, 0.15) is 39.5 Å². The molecule has 2 atom stereocenters. The SMILES string of the molecule is CC(C)N(C)S(=O)(=O)N1C2CCC1CC(Br)C2. The molecule has 4 nitrogen and oxygen atoms in total. The Morgan fingerprint density at radius 2 is 1.71 bits per heavy atom. The molecule has 0 aliphatic carbocycles. The Morgan fingerprint density at radius 1 is 1.24 bits per heavy atom. The van der Waals surface area contributed by atoms with E-state index in [0.717, 1.165) is 25.7 Å². The zero-order valence-electron chi connectivity index (χ0n) is 10.6. The average molecular weight is 325 g/mol. The van der Waals surface area contributed by atoms with E-state index in [1.807, 2.05) is 13.8 Å². The zero-order chi connectivity index (χ0) is 12.8. The number of nitrogens with zero attached hydrogens (tertiary/aromatic N) is 2. The Morgan fingerprint density at radius 3 is 2.12 bits per heavy atom. The number of hydrogen-bond acceptors (Lipinski definition) is 2. The number of halogens is 1. The van der Waals surface area contributed by atoms with E-state index < -0.39 is 10.2 Å². The van der Waals surface area contributed by atoms with Gasteiger partial charge in [0, 0.05) is 30.0 Å². The van der Waals surface area contributed by atoms with Gasteiger partial charge in [-0.25, -0.2) is 0 Å². The average Bonchev–Trinajstić information content (AvgIpc) is 2.51. The molecule has 2 bridgehead atoms. The van der Waals surface area contributed by atoms with Crippen molar-refractivity contribution in [3.8, 4) is 0 Å². The molecular weight excluding hydrogens is 304 g/mol. The molecular formula is C11H21BrN2O2S. The molecule has 2 aliphatic rings. The van der Waals surface area contributed by atoms with Gasteiger partial charge in [0.15, 0.2) is 0 Å². The summed E-state index contributed by atoms with van der Waals surface area (Å²) in [5, 5.41) is 0. The van der Waals surface area contributed by atoms with Crippen LogP contribution in [-0.2, 0) is 10.2 Å². The Hall–Kier alpha value is 0.350. The fourth-order valence-electron chi connectivity index (χ4n) is 2.86. The van der Waals surface area contributed by atoms with Gasteiger partial charge in [0.05, 0.1) is 0 Å². The van der Waals surface area contributed by atoms with Crippen molar-refractivity contribution in [2.75, 3.05) is 7.05 Å². The van der Waals surface area contributed by atoms with Gasteiger partial charge in [0.1, 0.15) is 0 Å². The lowest BCUT2D eigenvalue weighted by atomic mass is 10.1. The molecule has 2 aliphatic heterocycles. The van der Waals surface area contributed by atoms with Crippen LogP contribution in [0.25, 0.3) is 0 Å². The third kappa shape index (κ3) is 2.41. The van der Waals surface area contributed by atoms with Crippen molar-refractivity contribution in [3.63, 3.8) is 0 Å². The van der Waals surface area contributed by atoms with Crippen molar-refractivity contribution in [3.05, 3.63) is 0 Å². The van der Waals surface area contributed by atoms with Gasteiger partial charge in [-0.05, 0) is 39.5 Å². The molecule has 17 heavy (non-hydrogen) atoms. The molecule has 2 rings (SSSR count). The molecule has 0 aromatic rings. The molecule has 2 heterocycles. The summed E-state index contributed by atoms with van der Waals surface area (Å²) in [6.45, 7) is 3.83. The highest BCUT2D eigenvalue weighted by atomic mass is 79.9. The number of piperidine rings is 1. The van der Waals surface area contributed by atoms with Gasteiger partial charge in [-0.1, -0.05) is 15.9 Å². The van der Waals surface area contributed by atoms with Crippen LogP contribution < -0.4 is 0 Å². The van der Waals surface area contributed by atoms with Gasteiger partial charge >= 0.3 is 0 Å². The van der Waals surface area contributed by atoms with Crippen LogP contribution in [0.4, 0.5) is 0 Å². The smallest absolute Gasteiger partial charge is 0.195 e. The lowest BCUT2D eigenvalue weighted by Crippen LogP contribution is -2.53. The third-order valence-corrected chi connectivity index (χ3v) is 6.99. The standard InChI is InChI=1S/C11H21BrN2O2S/c1-8(2)13(3)17(15,16)14-10-4-5-11(14)7-9(12)6-10/h8-11H,4-7H2,1-3H3. The normalized spacial score (nSPS) is 34.8. The van der Waals surface area contributed by atoms with Crippen molar-refractivity contribution in [1.29, 1.82) is 0 Å². The van der Waals surface area contributed by atoms with Gasteiger partial charge in [0.2, 0.25) is 0 Å². The Labute approximate surface area is 113 Å². The molecule has 0 aromatic heterocycles. The van der Waals surface area contributed by atoms with E-state index in [2.05, 4.69) is 15.9 Å². The van der Waals surface area contributed by atoms with Crippen molar-refractivity contribution in [1.82, 2.24) is 8.61 Å². The molecule has 0 amide bonds. The molecule has 0 spiro atoms. The van der Waals surface area contributed by atoms with Crippen LogP contribution in [0.5, 0.6) is 0 Å². The summed E-state index contributed by atoms with van der Waals surface area (Å²) < 4.78 is 28.3. The molecule has 6 heteroatoms. The molecule has 2 saturated heterocycles. The summed E-state index contributed by atoms with van der Waals surface area (Å²) in [5.41, 5.74) is 0. The number of alkyl halides is 1. The van der Waals surface area contributed by atoms with Gasteiger partial charge in [-0.2, -0.15) is 17.0 Å². The second-order valence-electron chi connectivity index (χ2n) is 5.40. The number of rotatable bonds is 3. The quantitative estimate of drug-likeness (QED) is 0.744. The van der Waals surface area contributed by atoms with Crippen LogP contribution in [0.3, 0.4) is 0 Å². The molecule has 2 unspecified atom stereocenters. The Kier molecular flexibility index (Phi) is 3.88. The molecule has 0 aromatic carbocycles. The van der Waals surface area contributed by atoms with Crippen molar-refractivity contribution in [2.24, 2.45) is 0 Å². The van der Waals surface area contributed by atoms with E-state index in [-0.39, 0.29) is 18.1 Å². The first-order valence-electron chi connectivity index (χ1n) is 6.24. The molecule has 2 fully saturated rings. The van der Waals surface area contributed by atoms with Gasteiger partial charge in [-0.15, -0.1) is 0 Å². The predicted octanol–water partition coefficient (Wildman–Crippen LogP) is 1.96. The van der Waals surface area contributed by atoms with Gasteiger partial charge in [0.25, 0.3) is 10.2 Å². The summed E-state index contributed by atoms with van der Waals surface area (Å²) in [7, 11) is -1.59. The lowest BCUT2D eigenvalue weighted by molar-refractivity contribution is 0.231. The minimum absolute atomic E-state index is 0.0149. The predicted molar refractivity (Wildman–Crippen MR) is 72.4 cm³/mol. The van der Waals surface area contributed by atoms with E-state index in [1.54, 1.807) is 11.4 Å². The van der Waals surface area contributed by atoms with E-state index in [1.165, 1.54) is 4.31 Å². The topological polar surface area (TPSA) is 40.6 Å². The maximum Gasteiger partial charge on any atom is 0.282 e. The summed E-state index contributed by atoms with van der Waals surface area (Å²) in [6.07, 6.45) is 3.92. The minimum atomic E-state index is -3.27. The highest BCUT2D eigenvalue weighted by molar-refractivity contribution is 9.09.